The molecular weight excluding hydrogens is 257 g/mol. The molecule has 0 radical (unpaired) electrons. The molecule has 4 nitrogen and oxygen atoms in total. The van der Waals surface area contributed by atoms with Gasteiger partial charge in [0.2, 0.25) is 5.91 Å². The first kappa shape index (κ1) is 13.5. The number of likely N-dealkylation sites (tertiary alicyclic amines) is 1. The van der Waals surface area contributed by atoms with Gasteiger partial charge in [-0.25, -0.2) is 4.39 Å². The van der Waals surface area contributed by atoms with Crippen LogP contribution in [0.4, 0.5) is 10.1 Å². The van der Waals surface area contributed by atoms with E-state index in [1.807, 2.05) is 0 Å². The van der Waals surface area contributed by atoms with Gasteiger partial charge >= 0.3 is 0 Å². The van der Waals surface area contributed by atoms with Gasteiger partial charge in [-0.2, -0.15) is 0 Å². The third-order valence-corrected chi connectivity index (χ3v) is 4.20. The molecule has 2 aliphatic rings. The maximum absolute atomic E-state index is 13.4. The van der Waals surface area contributed by atoms with Crippen molar-refractivity contribution in [3.8, 4) is 0 Å². The van der Waals surface area contributed by atoms with Crippen LogP contribution in [0.2, 0.25) is 0 Å². The van der Waals surface area contributed by atoms with Crippen molar-refractivity contribution < 1.29 is 9.18 Å². The minimum Gasteiger partial charge on any atom is -0.325 e. The predicted molar refractivity (Wildman–Crippen MR) is 76.2 cm³/mol. The second-order valence-corrected chi connectivity index (χ2v) is 5.79. The summed E-state index contributed by atoms with van der Waals surface area (Å²) in [6.07, 6.45) is 2.40. The highest BCUT2D eigenvalue weighted by molar-refractivity contribution is 5.93. The first-order chi connectivity index (χ1) is 9.61. The van der Waals surface area contributed by atoms with E-state index in [4.69, 9.17) is 0 Å². The normalized spacial score (nSPS) is 25.7. The molecule has 1 aromatic rings. The van der Waals surface area contributed by atoms with Crippen molar-refractivity contribution in [1.82, 2.24) is 10.2 Å². The number of nitrogens with one attached hydrogen (secondary N) is 2. The lowest BCUT2D eigenvalue weighted by Crippen LogP contribution is -2.52. The molecule has 20 heavy (non-hydrogen) atoms. The highest BCUT2D eigenvalue weighted by atomic mass is 19.1. The summed E-state index contributed by atoms with van der Waals surface area (Å²) in [6.45, 7) is 3.90. The zero-order valence-electron chi connectivity index (χ0n) is 11.7. The Kier molecular flexibility index (Phi) is 3.72. The molecule has 0 aromatic heterocycles. The van der Waals surface area contributed by atoms with E-state index in [0.29, 0.717) is 29.9 Å². The highest BCUT2D eigenvalue weighted by Crippen LogP contribution is 2.20. The van der Waals surface area contributed by atoms with E-state index in [2.05, 4.69) is 15.5 Å². The number of amides is 1. The van der Waals surface area contributed by atoms with Crippen molar-refractivity contribution in [3.05, 3.63) is 29.6 Å². The van der Waals surface area contributed by atoms with E-state index in [9.17, 15) is 9.18 Å². The summed E-state index contributed by atoms with van der Waals surface area (Å²) >= 11 is 0. The Morgan fingerprint density at radius 3 is 2.80 bits per heavy atom. The fraction of sp³-hybridized carbons (Fsp3) is 0.533. The van der Waals surface area contributed by atoms with Crippen molar-refractivity contribution in [3.63, 3.8) is 0 Å². The summed E-state index contributed by atoms with van der Waals surface area (Å²) in [5.41, 5.74) is 1.05. The molecule has 0 spiro atoms. The fourth-order valence-electron chi connectivity index (χ4n) is 3.15. The number of piperazine rings is 1. The maximum atomic E-state index is 13.4. The third-order valence-electron chi connectivity index (χ3n) is 4.20. The SMILES string of the molecule is Cc1c(F)cccc1NC(=O)CN1CC2CCC(C1)N2. The molecule has 0 saturated carbocycles. The average Bonchev–Trinajstić information content (AvgIpc) is 2.74. The van der Waals surface area contributed by atoms with Gasteiger partial charge in [0, 0.05) is 36.4 Å². The molecule has 2 atom stereocenters. The monoisotopic (exact) mass is 277 g/mol. The van der Waals surface area contributed by atoms with Gasteiger partial charge in [-0.3, -0.25) is 9.69 Å². The van der Waals surface area contributed by atoms with Crippen LogP contribution in [0, 0.1) is 12.7 Å². The number of hydrogen-bond acceptors (Lipinski definition) is 3. The van der Waals surface area contributed by atoms with Crippen LogP contribution in [-0.4, -0.2) is 42.5 Å². The van der Waals surface area contributed by atoms with Crippen LogP contribution in [0.5, 0.6) is 0 Å². The molecular formula is C15H20FN3O. The number of benzene rings is 1. The van der Waals surface area contributed by atoms with Gasteiger partial charge in [0.15, 0.2) is 0 Å². The first-order valence-electron chi connectivity index (χ1n) is 7.15. The number of nitrogens with zero attached hydrogens (tertiary/aromatic N) is 1. The van der Waals surface area contributed by atoms with E-state index >= 15 is 0 Å². The smallest absolute Gasteiger partial charge is 0.238 e. The third kappa shape index (κ3) is 2.83. The molecule has 108 valence electrons. The van der Waals surface area contributed by atoms with Gasteiger partial charge in [-0.15, -0.1) is 0 Å². The maximum Gasteiger partial charge on any atom is 0.238 e. The van der Waals surface area contributed by atoms with Gasteiger partial charge in [0.05, 0.1) is 6.54 Å². The Morgan fingerprint density at radius 2 is 2.10 bits per heavy atom. The van der Waals surface area contributed by atoms with Crippen LogP contribution < -0.4 is 10.6 Å². The lowest BCUT2D eigenvalue weighted by atomic mass is 10.2. The van der Waals surface area contributed by atoms with E-state index in [1.54, 1.807) is 19.1 Å². The molecule has 2 aliphatic heterocycles. The van der Waals surface area contributed by atoms with E-state index in [-0.39, 0.29) is 11.7 Å². The second kappa shape index (κ2) is 5.50. The number of anilines is 1. The molecule has 2 heterocycles. The van der Waals surface area contributed by atoms with Gasteiger partial charge in [0.25, 0.3) is 0 Å². The van der Waals surface area contributed by atoms with Crippen LogP contribution in [0.15, 0.2) is 18.2 Å². The van der Waals surface area contributed by atoms with Gasteiger partial charge in [-0.05, 0) is 31.9 Å². The minimum atomic E-state index is -0.289. The number of rotatable bonds is 3. The van der Waals surface area contributed by atoms with E-state index in [0.717, 1.165) is 13.1 Å². The number of hydrogen-bond donors (Lipinski definition) is 2. The standard InChI is InChI=1S/C15H20FN3O/c1-10-13(16)3-2-4-14(10)18-15(20)9-19-7-11-5-6-12(8-19)17-11/h2-4,11-12,17H,5-9H2,1H3,(H,18,20). The predicted octanol–water partition coefficient (Wildman–Crippen LogP) is 1.51. The molecule has 3 rings (SSSR count). The molecule has 2 N–H and O–H groups in total. The van der Waals surface area contributed by atoms with Gasteiger partial charge < -0.3 is 10.6 Å². The summed E-state index contributed by atoms with van der Waals surface area (Å²) in [4.78, 5) is 14.3. The Labute approximate surface area is 118 Å². The molecule has 1 aromatic carbocycles. The molecule has 1 amide bonds. The van der Waals surface area contributed by atoms with Crippen LogP contribution in [0.25, 0.3) is 0 Å². The first-order valence-corrected chi connectivity index (χ1v) is 7.15. The van der Waals surface area contributed by atoms with Crippen LogP contribution in [-0.2, 0) is 4.79 Å². The Hall–Kier alpha value is -1.46. The summed E-state index contributed by atoms with van der Waals surface area (Å²) in [6, 6.07) is 5.80. The Morgan fingerprint density at radius 1 is 1.40 bits per heavy atom. The van der Waals surface area contributed by atoms with Gasteiger partial charge in [0.1, 0.15) is 5.82 Å². The second-order valence-electron chi connectivity index (χ2n) is 5.79. The van der Waals surface area contributed by atoms with E-state index < -0.39 is 0 Å². The summed E-state index contributed by atoms with van der Waals surface area (Å²) in [5.74, 6) is -0.358. The topological polar surface area (TPSA) is 44.4 Å². The molecule has 2 unspecified atom stereocenters. The lowest BCUT2D eigenvalue weighted by molar-refractivity contribution is -0.117. The van der Waals surface area contributed by atoms with Crippen molar-refractivity contribution in [2.24, 2.45) is 0 Å². The number of fused-ring (bicyclic) bond motifs is 2. The zero-order valence-corrected chi connectivity index (χ0v) is 11.7. The van der Waals surface area contributed by atoms with Crippen LogP contribution in [0.1, 0.15) is 18.4 Å². The number of carbonyl (C=O) groups is 1. The van der Waals surface area contributed by atoms with Gasteiger partial charge in [-0.1, -0.05) is 6.07 Å². The van der Waals surface area contributed by atoms with Crippen molar-refractivity contribution in [2.45, 2.75) is 31.8 Å². The Balaban J connectivity index is 1.58. The average molecular weight is 277 g/mol. The van der Waals surface area contributed by atoms with Crippen molar-refractivity contribution >= 4 is 11.6 Å². The Bertz CT molecular complexity index is 508. The lowest BCUT2D eigenvalue weighted by Gasteiger charge is -2.32. The fourth-order valence-corrected chi connectivity index (χ4v) is 3.15. The van der Waals surface area contributed by atoms with Crippen LogP contribution in [0.3, 0.4) is 0 Å². The summed E-state index contributed by atoms with van der Waals surface area (Å²) < 4.78 is 13.4. The summed E-state index contributed by atoms with van der Waals surface area (Å²) in [7, 11) is 0. The number of halogens is 1. The zero-order chi connectivity index (χ0) is 14.1. The van der Waals surface area contributed by atoms with E-state index in [1.165, 1.54) is 18.9 Å². The highest BCUT2D eigenvalue weighted by Gasteiger charge is 2.32. The number of carbonyl (C=O) groups excluding carboxylic acids is 1. The van der Waals surface area contributed by atoms with Crippen molar-refractivity contribution in [2.75, 3.05) is 25.0 Å². The van der Waals surface area contributed by atoms with Crippen molar-refractivity contribution in [1.29, 1.82) is 0 Å². The molecule has 2 saturated heterocycles. The minimum absolute atomic E-state index is 0.0694. The molecule has 5 heteroatoms. The van der Waals surface area contributed by atoms with Crippen LogP contribution >= 0.6 is 0 Å². The summed E-state index contributed by atoms with van der Waals surface area (Å²) in [5, 5.41) is 6.34. The molecule has 0 aliphatic carbocycles. The quantitative estimate of drug-likeness (QED) is 0.880. The largest absolute Gasteiger partial charge is 0.325 e. The molecule has 2 bridgehead atoms. The molecule has 2 fully saturated rings.